The van der Waals surface area contributed by atoms with Gasteiger partial charge in [0.05, 0.1) is 12.5 Å². The minimum absolute atomic E-state index is 0.0613. The lowest BCUT2D eigenvalue weighted by Gasteiger charge is -2.25. The summed E-state index contributed by atoms with van der Waals surface area (Å²) >= 11 is 7.84. The Bertz CT molecular complexity index is 1320. The van der Waals surface area contributed by atoms with Gasteiger partial charge in [-0.05, 0) is 110 Å². The topological polar surface area (TPSA) is 13.1 Å². The first-order chi connectivity index (χ1) is 13.5. The average Bonchev–Trinajstić information content (AvgIpc) is 3.13. The maximum Gasteiger partial charge on any atom is 0.0987 e. The zero-order valence-corrected chi connectivity index (χ0v) is 20.8. The van der Waals surface area contributed by atoms with E-state index in [1.165, 1.54) is 54.2 Å². The first kappa shape index (κ1) is 19.4. The first-order valence-corrected chi connectivity index (χ1v) is 11.6. The molecular weight excluding hydrogens is 488 g/mol. The molecule has 29 heavy (non-hydrogen) atoms. The Hall–Kier alpha value is -1.58. The van der Waals surface area contributed by atoms with Crippen molar-refractivity contribution in [3.8, 4) is 0 Å². The van der Waals surface area contributed by atoms with Crippen LogP contribution in [0.2, 0.25) is 0 Å². The van der Waals surface area contributed by atoms with Crippen LogP contribution in [0.15, 0.2) is 50.2 Å². The molecule has 0 unspecified atom stereocenters. The Morgan fingerprint density at radius 2 is 0.897 bits per heavy atom. The Kier molecular flexibility index (Phi) is 4.00. The highest BCUT2D eigenvalue weighted by atomic mass is 79.9. The second kappa shape index (κ2) is 5.98. The van der Waals surface area contributed by atoms with Crippen molar-refractivity contribution < 1.29 is 4.42 Å². The lowest BCUT2D eigenvalue weighted by Crippen LogP contribution is -2.12. The van der Waals surface area contributed by atoms with Gasteiger partial charge >= 0.3 is 0 Å². The molecule has 1 heterocycles. The van der Waals surface area contributed by atoms with Crippen molar-refractivity contribution in [2.24, 2.45) is 0 Å². The standard InChI is InChI=1S/C26H24Br2O/c1-25(2,3)13-7-15-19-11-29-12-20(19)16-8-14(26(4,5)6)10-18-22(16)21(15)17(9-13)23(27)24(18)28/h7-12H,1-6H3. The molecule has 5 rings (SSSR count). The molecule has 0 bridgehead atoms. The fraction of sp³-hybridized carbons (Fsp3) is 0.308. The molecule has 1 aromatic heterocycles. The molecule has 0 aliphatic heterocycles. The van der Waals surface area contributed by atoms with E-state index in [2.05, 4.69) is 97.7 Å². The molecule has 3 heteroatoms. The van der Waals surface area contributed by atoms with Crippen molar-refractivity contribution in [1.29, 1.82) is 0 Å². The third-order valence-corrected chi connectivity index (χ3v) is 8.35. The van der Waals surface area contributed by atoms with Crippen molar-refractivity contribution in [3.05, 3.63) is 56.9 Å². The van der Waals surface area contributed by atoms with Crippen molar-refractivity contribution in [2.75, 3.05) is 0 Å². The van der Waals surface area contributed by atoms with Gasteiger partial charge in [0.25, 0.3) is 0 Å². The highest BCUT2D eigenvalue weighted by Gasteiger charge is 2.25. The number of fused-ring (bicyclic) bond motifs is 3. The normalized spacial score (nSPS) is 13.5. The number of furan rings is 1. The summed E-state index contributed by atoms with van der Waals surface area (Å²) in [6, 6.07) is 9.41. The van der Waals surface area contributed by atoms with Gasteiger partial charge in [0, 0.05) is 19.7 Å². The van der Waals surface area contributed by atoms with E-state index in [-0.39, 0.29) is 10.8 Å². The molecule has 1 nitrogen and oxygen atoms in total. The summed E-state index contributed by atoms with van der Waals surface area (Å²) in [5.74, 6) is 0. The molecular formula is C26H24Br2O. The van der Waals surface area contributed by atoms with E-state index in [1.807, 2.05) is 12.5 Å². The quantitative estimate of drug-likeness (QED) is 0.189. The van der Waals surface area contributed by atoms with Gasteiger partial charge < -0.3 is 4.42 Å². The van der Waals surface area contributed by atoms with Crippen molar-refractivity contribution in [2.45, 2.75) is 52.4 Å². The van der Waals surface area contributed by atoms with Gasteiger partial charge in [-0.1, -0.05) is 41.5 Å². The number of hydrogen-bond acceptors (Lipinski definition) is 1. The van der Waals surface area contributed by atoms with Crippen LogP contribution in [-0.2, 0) is 10.8 Å². The summed E-state index contributed by atoms with van der Waals surface area (Å²) in [7, 11) is 0. The van der Waals surface area contributed by atoms with E-state index in [1.54, 1.807) is 0 Å². The largest absolute Gasteiger partial charge is 0.471 e. The van der Waals surface area contributed by atoms with Gasteiger partial charge in [-0.2, -0.15) is 0 Å². The van der Waals surface area contributed by atoms with Gasteiger partial charge in [0.1, 0.15) is 0 Å². The van der Waals surface area contributed by atoms with E-state index in [9.17, 15) is 0 Å². The van der Waals surface area contributed by atoms with Crippen LogP contribution in [0.3, 0.4) is 0 Å². The molecule has 0 amide bonds. The monoisotopic (exact) mass is 510 g/mol. The lowest BCUT2D eigenvalue weighted by atomic mass is 9.80. The van der Waals surface area contributed by atoms with Gasteiger partial charge in [-0.15, -0.1) is 0 Å². The van der Waals surface area contributed by atoms with Gasteiger partial charge in [0.15, 0.2) is 0 Å². The number of hydrogen-bond donors (Lipinski definition) is 0. The molecule has 0 aliphatic rings. The molecule has 4 aromatic carbocycles. The highest BCUT2D eigenvalue weighted by Crippen LogP contribution is 2.49. The van der Waals surface area contributed by atoms with Gasteiger partial charge in [-0.3, -0.25) is 0 Å². The predicted molar refractivity (Wildman–Crippen MR) is 133 cm³/mol. The molecule has 0 radical (unpaired) electrons. The third-order valence-electron chi connectivity index (χ3n) is 6.17. The maximum atomic E-state index is 5.75. The molecule has 0 saturated heterocycles. The van der Waals surface area contributed by atoms with Crippen molar-refractivity contribution in [3.63, 3.8) is 0 Å². The van der Waals surface area contributed by atoms with Crippen LogP contribution in [-0.4, -0.2) is 0 Å². The highest BCUT2D eigenvalue weighted by molar-refractivity contribution is 9.13. The van der Waals surface area contributed by atoms with E-state index < -0.39 is 0 Å². The summed E-state index contributed by atoms with van der Waals surface area (Å²) in [5.41, 5.74) is 2.78. The Morgan fingerprint density at radius 1 is 0.552 bits per heavy atom. The second-order valence-corrected chi connectivity index (χ2v) is 11.8. The fourth-order valence-electron chi connectivity index (χ4n) is 4.41. The van der Waals surface area contributed by atoms with Crippen LogP contribution >= 0.6 is 31.9 Å². The molecule has 0 aliphatic carbocycles. The second-order valence-electron chi connectivity index (χ2n) is 10.2. The first-order valence-electron chi connectivity index (χ1n) is 9.99. The summed E-state index contributed by atoms with van der Waals surface area (Å²) in [6.45, 7) is 13.6. The van der Waals surface area contributed by atoms with E-state index >= 15 is 0 Å². The van der Waals surface area contributed by atoms with Gasteiger partial charge in [0.2, 0.25) is 0 Å². The zero-order chi connectivity index (χ0) is 20.9. The smallest absolute Gasteiger partial charge is 0.0987 e. The van der Waals surface area contributed by atoms with E-state index in [0.717, 1.165) is 8.95 Å². The molecule has 148 valence electrons. The van der Waals surface area contributed by atoms with Crippen LogP contribution in [0.4, 0.5) is 0 Å². The van der Waals surface area contributed by atoms with Gasteiger partial charge in [-0.25, -0.2) is 0 Å². The summed E-state index contributed by atoms with van der Waals surface area (Å²) in [6.07, 6.45) is 3.82. The number of halogens is 2. The molecule has 0 spiro atoms. The zero-order valence-electron chi connectivity index (χ0n) is 17.6. The summed E-state index contributed by atoms with van der Waals surface area (Å²) in [5, 5.41) is 10.0. The predicted octanol–water partition coefficient (Wildman–Crippen LogP) is 9.45. The number of rotatable bonds is 0. The van der Waals surface area contributed by atoms with Crippen LogP contribution in [0.25, 0.3) is 43.1 Å². The SMILES string of the molecule is CC(C)(C)c1cc2c(Br)c(Br)c3cc(C(C)(C)C)cc4c5cocc5c(c1)c2c34. The molecule has 0 atom stereocenters. The maximum absolute atomic E-state index is 5.75. The molecule has 0 N–H and O–H groups in total. The lowest BCUT2D eigenvalue weighted by molar-refractivity contribution is 0.572. The van der Waals surface area contributed by atoms with Crippen LogP contribution in [0.1, 0.15) is 52.7 Å². The Morgan fingerprint density at radius 3 is 1.24 bits per heavy atom. The Labute approximate surface area is 188 Å². The van der Waals surface area contributed by atoms with E-state index in [4.69, 9.17) is 4.42 Å². The Balaban J connectivity index is 2.15. The van der Waals surface area contributed by atoms with E-state index in [0.29, 0.717) is 0 Å². The van der Waals surface area contributed by atoms with Crippen molar-refractivity contribution in [1.82, 2.24) is 0 Å². The summed E-state index contributed by atoms with van der Waals surface area (Å²) in [4.78, 5) is 0. The van der Waals surface area contributed by atoms with Crippen LogP contribution in [0.5, 0.6) is 0 Å². The number of benzene rings is 4. The van der Waals surface area contributed by atoms with Crippen LogP contribution in [0, 0.1) is 0 Å². The molecule has 0 fully saturated rings. The average molecular weight is 512 g/mol. The minimum Gasteiger partial charge on any atom is -0.471 e. The molecule has 0 saturated carbocycles. The third kappa shape index (κ3) is 2.70. The van der Waals surface area contributed by atoms with Crippen LogP contribution < -0.4 is 0 Å². The van der Waals surface area contributed by atoms with Crippen molar-refractivity contribution >= 4 is 74.9 Å². The minimum atomic E-state index is 0.0613. The summed E-state index contributed by atoms with van der Waals surface area (Å²) < 4.78 is 7.99. The molecule has 5 aromatic rings. The fourth-order valence-corrected chi connectivity index (χ4v) is 5.46.